The number of hydrogen-bond acceptors (Lipinski definition) is 2. The molecule has 0 bridgehead atoms. The average molecular weight is 159 g/mol. The van der Waals surface area contributed by atoms with E-state index in [0.717, 1.165) is 25.5 Å². The van der Waals surface area contributed by atoms with Gasteiger partial charge in [0.1, 0.15) is 0 Å². The fraction of sp³-hybridized carbons (Fsp3) is 1.00. The summed E-state index contributed by atoms with van der Waals surface area (Å²) in [6, 6.07) is 0. The van der Waals surface area contributed by atoms with Crippen molar-refractivity contribution in [1.29, 1.82) is 0 Å². The van der Waals surface area contributed by atoms with Gasteiger partial charge in [0.15, 0.2) is 0 Å². The topological polar surface area (TPSA) is 35.2 Å². The Balaban J connectivity index is 3.50. The molecule has 0 aromatic carbocycles. The van der Waals surface area contributed by atoms with Crippen LogP contribution in [0.25, 0.3) is 0 Å². The van der Waals surface area contributed by atoms with Gasteiger partial charge >= 0.3 is 0 Å². The van der Waals surface area contributed by atoms with Crippen LogP contribution in [-0.2, 0) is 4.74 Å². The van der Waals surface area contributed by atoms with Crippen molar-refractivity contribution in [3.63, 3.8) is 0 Å². The second-order valence-corrected chi connectivity index (χ2v) is 3.53. The lowest BCUT2D eigenvalue weighted by Gasteiger charge is -2.16. The first-order valence-corrected chi connectivity index (χ1v) is 4.39. The van der Waals surface area contributed by atoms with E-state index in [1.54, 1.807) is 7.11 Å². The fourth-order valence-electron chi connectivity index (χ4n) is 1.41. The summed E-state index contributed by atoms with van der Waals surface area (Å²) in [5, 5.41) is 0. The Hall–Kier alpha value is -0.0800. The number of methoxy groups -OCH3 is 1. The van der Waals surface area contributed by atoms with Crippen molar-refractivity contribution in [3.05, 3.63) is 0 Å². The molecule has 0 amide bonds. The Kier molecular flexibility index (Phi) is 6.57. The minimum absolute atomic E-state index is 0.657. The molecule has 0 spiro atoms. The van der Waals surface area contributed by atoms with E-state index < -0.39 is 0 Å². The first-order valence-electron chi connectivity index (χ1n) is 4.39. The molecule has 0 radical (unpaired) electrons. The van der Waals surface area contributed by atoms with E-state index in [2.05, 4.69) is 13.8 Å². The molecule has 0 aliphatic carbocycles. The molecule has 2 N–H and O–H groups in total. The third-order valence-corrected chi connectivity index (χ3v) is 1.78. The van der Waals surface area contributed by atoms with E-state index >= 15 is 0 Å². The molecule has 11 heavy (non-hydrogen) atoms. The first-order chi connectivity index (χ1) is 5.20. The predicted octanol–water partition coefficient (Wildman–Crippen LogP) is 1.64. The molecule has 0 rings (SSSR count). The van der Waals surface area contributed by atoms with Gasteiger partial charge in [0.05, 0.1) is 0 Å². The molecule has 2 nitrogen and oxygen atoms in total. The van der Waals surface area contributed by atoms with Gasteiger partial charge in [0.2, 0.25) is 0 Å². The molecular formula is C9H21NO. The van der Waals surface area contributed by atoms with Crippen molar-refractivity contribution < 1.29 is 4.74 Å². The first kappa shape index (κ1) is 10.9. The second-order valence-electron chi connectivity index (χ2n) is 3.53. The van der Waals surface area contributed by atoms with Crippen molar-refractivity contribution >= 4 is 0 Å². The molecule has 0 fully saturated rings. The highest BCUT2D eigenvalue weighted by atomic mass is 16.5. The normalized spacial score (nSPS) is 13.9. The third kappa shape index (κ3) is 6.32. The highest BCUT2D eigenvalue weighted by molar-refractivity contribution is 4.61. The Labute approximate surface area is 70.1 Å². The largest absolute Gasteiger partial charge is 0.384 e. The van der Waals surface area contributed by atoms with Crippen molar-refractivity contribution in [2.24, 2.45) is 17.6 Å². The lowest BCUT2D eigenvalue weighted by Crippen LogP contribution is -2.15. The Morgan fingerprint density at radius 3 is 2.36 bits per heavy atom. The summed E-state index contributed by atoms with van der Waals surface area (Å²) in [6.45, 7) is 6.11. The number of rotatable bonds is 6. The van der Waals surface area contributed by atoms with Crippen LogP contribution in [0.4, 0.5) is 0 Å². The van der Waals surface area contributed by atoms with Gasteiger partial charge in [-0.3, -0.25) is 0 Å². The SMILES string of the molecule is COCC(CCN)CC(C)C. The molecule has 0 saturated heterocycles. The van der Waals surface area contributed by atoms with Crippen molar-refractivity contribution in [3.8, 4) is 0 Å². The van der Waals surface area contributed by atoms with Gasteiger partial charge < -0.3 is 10.5 Å². The smallest absolute Gasteiger partial charge is 0.0491 e. The second kappa shape index (κ2) is 6.62. The Morgan fingerprint density at radius 1 is 1.36 bits per heavy atom. The fourth-order valence-corrected chi connectivity index (χ4v) is 1.41. The molecule has 0 aromatic heterocycles. The van der Waals surface area contributed by atoms with Crippen LogP contribution >= 0.6 is 0 Å². The van der Waals surface area contributed by atoms with Crippen molar-refractivity contribution in [2.45, 2.75) is 26.7 Å². The maximum absolute atomic E-state index is 5.48. The monoisotopic (exact) mass is 159 g/mol. The summed E-state index contributed by atoms with van der Waals surface area (Å²) < 4.78 is 5.10. The average Bonchev–Trinajstić information content (AvgIpc) is 1.87. The minimum Gasteiger partial charge on any atom is -0.384 e. The van der Waals surface area contributed by atoms with Crippen LogP contribution < -0.4 is 5.73 Å². The number of nitrogens with two attached hydrogens (primary N) is 1. The van der Waals surface area contributed by atoms with E-state index in [4.69, 9.17) is 10.5 Å². The zero-order valence-electron chi connectivity index (χ0n) is 7.97. The third-order valence-electron chi connectivity index (χ3n) is 1.78. The maximum atomic E-state index is 5.48. The molecular weight excluding hydrogens is 138 g/mol. The molecule has 1 unspecified atom stereocenters. The molecule has 1 atom stereocenters. The molecule has 0 saturated carbocycles. The van der Waals surface area contributed by atoms with E-state index in [9.17, 15) is 0 Å². The van der Waals surface area contributed by atoms with Crippen LogP contribution in [0.2, 0.25) is 0 Å². The van der Waals surface area contributed by atoms with Crippen LogP contribution in [-0.4, -0.2) is 20.3 Å². The van der Waals surface area contributed by atoms with Crippen LogP contribution in [0.15, 0.2) is 0 Å². The maximum Gasteiger partial charge on any atom is 0.0491 e. The number of ether oxygens (including phenoxy) is 1. The quantitative estimate of drug-likeness (QED) is 0.639. The number of hydrogen-bond donors (Lipinski definition) is 1. The Morgan fingerprint density at radius 2 is 2.00 bits per heavy atom. The zero-order chi connectivity index (χ0) is 8.69. The summed E-state index contributed by atoms with van der Waals surface area (Å²) in [4.78, 5) is 0. The van der Waals surface area contributed by atoms with Gasteiger partial charge in [0.25, 0.3) is 0 Å². The van der Waals surface area contributed by atoms with E-state index in [1.165, 1.54) is 6.42 Å². The lowest BCUT2D eigenvalue weighted by molar-refractivity contribution is 0.137. The van der Waals surface area contributed by atoms with Crippen LogP contribution in [0.3, 0.4) is 0 Å². The molecule has 68 valence electrons. The van der Waals surface area contributed by atoms with Crippen LogP contribution in [0, 0.1) is 11.8 Å². The molecule has 2 heteroatoms. The lowest BCUT2D eigenvalue weighted by atomic mass is 9.95. The minimum atomic E-state index is 0.657. The zero-order valence-corrected chi connectivity index (χ0v) is 7.97. The van der Waals surface area contributed by atoms with E-state index in [0.29, 0.717) is 5.92 Å². The van der Waals surface area contributed by atoms with E-state index in [1.807, 2.05) is 0 Å². The summed E-state index contributed by atoms with van der Waals surface area (Å²) >= 11 is 0. The summed E-state index contributed by atoms with van der Waals surface area (Å²) in [7, 11) is 1.75. The molecule has 0 heterocycles. The van der Waals surface area contributed by atoms with Crippen molar-refractivity contribution in [1.82, 2.24) is 0 Å². The van der Waals surface area contributed by atoms with Gasteiger partial charge in [-0.05, 0) is 31.2 Å². The molecule has 0 aliphatic rings. The molecule has 0 aromatic rings. The standard InChI is InChI=1S/C9H21NO/c1-8(2)6-9(4-5-10)7-11-3/h8-9H,4-7,10H2,1-3H3. The predicted molar refractivity (Wildman–Crippen MR) is 48.5 cm³/mol. The van der Waals surface area contributed by atoms with Gasteiger partial charge in [-0.2, -0.15) is 0 Å². The Bertz CT molecular complexity index is 77.6. The van der Waals surface area contributed by atoms with Crippen LogP contribution in [0.1, 0.15) is 26.7 Å². The van der Waals surface area contributed by atoms with Gasteiger partial charge in [0, 0.05) is 13.7 Å². The highest BCUT2D eigenvalue weighted by Gasteiger charge is 2.08. The molecule has 0 aliphatic heterocycles. The summed E-state index contributed by atoms with van der Waals surface area (Å²) in [6.07, 6.45) is 2.32. The summed E-state index contributed by atoms with van der Waals surface area (Å²) in [5.74, 6) is 1.41. The van der Waals surface area contributed by atoms with Crippen molar-refractivity contribution in [2.75, 3.05) is 20.3 Å². The van der Waals surface area contributed by atoms with Gasteiger partial charge in [-0.15, -0.1) is 0 Å². The van der Waals surface area contributed by atoms with Crippen LogP contribution in [0.5, 0.6) is 0 Å². The van der Waals surface area contributed by atoms with Gasteiger partial charge in [-0.1, -0.05) is 13.8 Å². The highest BCUT2D eigenvalue weighted by Crippen LogP contribution is 2.14. The van der Waals surface area contributed by atoms with Gasteiger partial charge in [-0.25, -0.2) is 0 Å². The van der Waals surface area contributed by atoms with E-state index in [-0.39, 0.29) is 0 Å². The summed E-state index contributed by atoms with van der Waals surface area (Å²) in [5.41, 5.74) is 5.48.